The molecule has 1 spiro atoms. The third-order valence-electron chi connectivity index (χ3n) is 4.83. The van der Waals surface area contributed by atoms with Gasteiger partial charge in [-0.05, 0) is 25.2 Å². The molecule has 2 fully saturated rings. The van der Waals surface area contributed by atoms with Crippen LogP contribution in [0.25, 0.3) is 4.96 Å². The molecule has 2 aromatic heterocycles. The maximum absolute atomic E-state index is 12.4. The summed E-state index contributed by atoms with van der Waals surface area (Å²) in [5, 5.41) is 3.36. The van der Waals surface area contributed by atoms with Crippen LogP contribution in [0.4, 0.5) is 0 Å². The normalized spacial score (nSPS) is 20.9. The lowest BCUT2D eigenvalue weighted by Crippen LogP contribution is -2.58. The fourth-order valence-electron chi connectivity index (χ4n) is 3.37. The summed E-state index contributed by atoms with van der Waals surface area (Å²) in [6.07, 6.45) is 6.76. The van der Waals surface area contributed by atoms with Crippen LogP contribution in [0, 0.1) is 12.3 Å². The fraction of sp³-hybridized carbons (Fsp3) is 0.600. The van der Waals surface area contributed by atoms with E-state index in [4.69, 9.17) is 0 Å². The van der Waals surface area contributed by atoms with E-state index in [1.807, 2.05) is 15.5 Å². The molecule has 2 aliphatic heterocycles. The zero-order valence-electron chi connectivity index (χ0n) is 12.3. The lowest BCUT2D eigenvalue weighted by atomic mass is 9.73. The summed E-state index contributed by atoms with van der Waals surface area (Å²) in [5.41, 5.74) is 1.38. The number of fused-ring (bicyclic) bond motifs is 1. The number of nitrogens with zero attached hydrogens (tertiary/aromatic N) is 3. The zero-order chi connectivity index (χ0) is 14.4. The average Bonchev–Trinajstić information content (AvgIpc) is 2.93. The molecule has 5 nitrogen and oxygen atoms in total. The van der Waals surface area contributed by atoms with Crippen molar-refractivity contribution in [1.29, 1.82) is 0 Å². The zero-order valence-corrected chi connectivity index (χ0v) is 13.1. The summed E-state index contributed by atoms with van der Waals surface area (Å²) < 4.78 is 2.02. The molecule has 0 bridgehead atoms. The maximum Gasteiger partial charge on any atom is 0.228 e. The molecule has 4 heterocycles. The number of carbonyl (C=O) groups is 1. The Bertz CT molecular complexity index is 643. The first-order valence-electron chi connectivity index (χ1n) is 7.56. The first-order valence-corrected chi connectivity index (χ1v) is 8.38. The predicted octanol–water partition coefficient (Wildman–Crippen LogP) is 1.46. The van der Waals surface area contributed by atoms with Crippen molar-refractivity contribution in [3.8, 4) is 0 Å². The average molecular weight is 304 g/mol. The van der Waals surface area contributed by atoms with E-state index in [2.05, 4.69) is 23.4 Å². The van der Waals surface area contributed by atoms with Crippen molar-refractivity contribution < 1.29 is 4.79 Å². The second-order valence-corrected chi connectivity index (χ2v) is 7.64. The van der Waals surface area contributed by atoms with E-state index in [0.717, 1.165) is 49.7 Å². The van der Waals surface area contributed by atoms with Crippen LogP contribution < -0.4 is 5.32 Å². The van der Waals surface area contributed by atoms with E-state index in [-0.39, 0.29) is 5.91 Å². The van der Waals surface area contributed by atoms with Crippen LogP contribution in [-0.4, -0.2) is 46.4 Å². The summed E-state index contributed by atoms with van der Waals surface area (Å²) in [7, 11) is 0. The molecule has 0 atom stereocenters. The van der Waals surface area contributed by atoms with Crippen molar-refractivity contribution in [2.24, 2.45) is 5.41 Å². The van der Waals surface area contributed by atoms with Gasteiger partial charge in [0, 0.05) is 43.4 Å². The number of piperidine rings is 1. The number of likely N-dealkylation sites (tertiary alicyclic amines) is 1. The van der Waals surface area contributed by atoms with E-state index < -0.39 is 0 Å². The molecule has 6 heteroatoms. The number of rotatable bonds is 2. The Kier molecular flexibility index (Phi) is 3.04. The highest BCUT2D eigenvalue weighted by Crippen LogP contribution is 2.35. The molecule has 1 amide bonds. The molecule has 21 heavy (non-hydrogen) atoms. The van der Waals surface area contributed by atoms with E-state index >= 15 is 0 Å². The van der Waals surface area contributed by atoms with Gasteiger partial charge in [-0.25, -0.2) is 4.98 Å². The molecule has 112 valence electrons. The minimum absolute atomic E-state index is 0.222. The van der Waals surface area contributed by atoms with Crippen LogP contribution >= 0.6 is 11.3 Å². The van der Waals surface area contributed by atoms with Crippen LogP contribution in [0.5, 0.6) is 0 Å². The SMILES string of the molecule is Cc1cn2cc(CC(=O)N3CCC4(CC3)CNC4)nc2s1. The molecule has 2 aromatic rings. The molecular weight excluding hydrogens is 284 g/mol. The molecule has 0 aromatic carbocycles. The lowest BCUT2D eigenvalue weighted by Gasteiger charge is -2.48. The summed E-state index contributed by atoms with van der Waals surface area (Å²) in [5.74, 6) is 0.222. The quantitative estimate of drug-likeness (QED) is 0.914. The summed E-state index contributed by atoms with van der Waals surface area (Å²) >= 11 is 1.67. The van der Waals surface area contributed by atoms with Crippen molar-refractivity contribution in [2.75, 3.05) is 26.2 Å². The van der Waals surface area contributed by atoms with Gasteiger partial charge in [0.25, 0.3) is 0 Å². The summed E-state index contributed by atoms with van der Waals surface area (Å²) in [6, 6.07) is 0. The van der Waals surface area contributed by atoms with Gasteiger partial charge in [0.15, 0.2) is 4.96 Å². The number of nitrogens with one attached hydrogen (secondary N) is 1. The molecule has 2 saturated heterocycles. The number of hydrogen-bond donors (Lipinski definition) is 1. The van der Waals surface area contributed by atoms with Gasteiger partial charge in [-0.3, -0.25) is 9.20 Å². The lowest BCUT2D eigenvalue weighted by molar-refractivity contribution is -0.133. The Labute approximate surface area is 128 Å². The van der Waals surface area contributed by atoms with Crippen LogP contribution in [0.1, 0.15) is 23.4 Å². The standard InChI is InChI=1S/C15H20N4OS/c1-11-7-19-8-12(17-14(19)21-11)6-13(20)18-4-2-15(3-5-18)9-16-10-15/h7-8,16H,2-6,9-10H2,1H3. The molecule has 0 saturated carbocycles. The van der Waals surface area contributed by atoms with Gasteiger partial charge in [0.1, 0.15) is 0 Å². The first kappa shape index (κ1) is 13.3. The van der Waals surface area contributed by atoms with E-state index in [9.17, 15) is 4.79 Å². The molecule has 0 aliphatic carbocycles. The van der Waals surface area contributed by atoms with Gasteiger partial charge < -0.3 is 10.2 Å². The maximum atomic E-state index is 12.4. The predicted molar refractivity (Wildman–Crippen MR) is 82.6 cm³/mol. The van der Waals surface area contributed by atoms with E-state index in [1.54, 1.807) is 11.3 Å². The third-order valence-corrected chi connectivity index (χ3v) is 5.74. The van der Waals surface area contributed by atoms with Crippen LogP contribution in [0.2, 0.25) is 0 Å². The summed E-state index contributed by atoms with van der Waals surface area (Å²) in [4.78, 5) is 21.2. The number of hydrogen-bond acceptors (Lipinski definition) is 4. The van der Waals surface area contributed by atoms with Gasteiger partial charge in [-0.2, -0.15) is 0 Å². The molecule has 1 N–H and O–H groups in total. The van der Waals surface area contributed by atoms with E-state index in [0.29, 0.717) is 11.8 Å². The van der Waals surface area contributed by atoms with Crippen molar-refractivity contribution in [3.63, 3.8) is 0 Å². The Hall–Kier alpha value is -1.40. The number of amides is 1. The third kappa shape index (κ3) is 2.36. The Morgan fingerprint density at radius 2 is 2.14 bits per heavy atom. The van der Waals surface area contributed by atoms with E-state index in [1.165, 1.54) is 4.88 Å². The molecule has 0 unspecified atom stereocenters. The van der Waals surface area contributed by atoms with Crippen LogP contribution in [0.15, 0.2) is 12.4 Å². The minimum atomic E-state index is 0.222. The smallest absolute Gasteiger partial charge is 0.228 e. The fourth-order valence-corrected chi connectivity index (χ4v) is 4.20. The topological polar surface area (TPSA) is 49.6 Å². The first-order chi connectivity index (χ1) is 10.1. The van der Waals surface area contributed by atoms with Gasteiger partial charge in [0.2, 0.25) is 5.91 Å². The minimum Gasteiger partial charge on any atom is -0.342 e. The second-order valence-electron chi connectivity index (χ2n) is 6.43. The Morgan fingerprint density at radius 1 is 1.38 bits per heavy atom. The number of aryl methyl sites for hydroxylation is 1. The Balaban J connectivity index is 1.40. The highest BCUT2D eigenvalue weighted by molar-refractivity contribution is 7.16. The number of imidazole rings is 1. The summed E-state index contributed by atoms with van der Waals surface area (Å²) in [6.45, 7) is 6.14. The number of thiazole rings is 1. The highest BCUT2D eigenvalue weighted by atomic mass is 32.1. The van der Waals surface area contributed by atoms with Gasteiger partial charge in [-0.15, -0.1) is 11.3 Å². The van der Waals surface area contributed by atoms with Crippen molar-refractivity contribution in [2.45, 2.75) is 26.2 Å². The monoisotopic (exact) mass is 304 g/mol. The Morgan fingerprint density at radius 3 is 2.76 bits per heavy atom. The molecule has 0 radical (unpaired) electrons. The highest BCUT2D eigenvalue weighted by Gasteiger charge is 2.40. The second kappa shape index (κ2) is 4.81. The van der Waals surface area contributed by atoms with Crippen LogP contribution in [0.3, 0.4) is 0 Å². The van der Waals surface area contributed by atoms with Crippen LogP contribution in [-0.2, 0) is 11.2 Å². The molecule has 4 rings (SSSR count). The molecular formula is C15H20N4OS. The van der Waals surface area contributed by atoms with Gasteiger partial charge in [0.05, 0.1) is 12.1 Å². The number of carbonyl (C=O) groups excluding carboxylic acids is 1. The van der Waals surface area contributed by atoms with Gasteiger partial charge >= 0.3 is 0 Å². The number of aromatic nitrogens is 2. The van der Waals surface area contributed by atoms with Crippen molar-refractivity contribution >= 4 is 22.2 Å². The largest absolute Gasteiger partial charge is 0.342 e. The van der Waals surface area contributed by atoms with Crippen molar-refractivity contribution in [1.82, 2.24) is 19.6 Å². The van der Waals surface area contributed by atoms with Crippen molar-refractivity contribution in [3.05, 3.63) is 23.0 Å². The molecule has 2 aliphatic rings. The van der Waals surface area contributed by atoms with Gasteiger partial charge in [-0.1, -0.05) is 0 Å².